The molecule has 31 heavy (non-hydrogen) atoms. The second-order valence-electron chi connectivity index (χ2n) is 6.97. The normalized spacial score (nSPS) is 10.9. The fourth-order valence-corrected chi connectivity index (χ4v) is 3.40. The molecule has 0 saturated carbocycles. The predicted octanol–water partition coefficient (Wildman–Crippen LogP) is 5.41. The first kappa shape index (κ1) is 19.0. The van der Waals surface area contributed by atoms with Crippen LogP contribution >= 0.6 is 11.6 Å². The summed E-state index contributed by atoms with van der Waals surface area (Å²) in [7, 11) is 0. The zero-order chi connectivity index (χ0) is 21.0. The first-order chi connectivity index (χ1) is 15.2. The van der Waals surface area contributed by atoms with Crippen molar-refractivity contribution in [1.29, 1.82) is 0 Å². The van der Waals surface area contributed by atoms with E-state index in [2.05, 4.69) is 30.7 Å². The van der Waals surface area contributed by atoms with Crippen molar-refractivity contribution in [1.82, 2.24) is 24.7 Å². The molecule has 0 unspecified atom stereocenters. The van der Waals surface area contributed by atoms with E-state index < -0.39 is 0 Å². The molecule has 0 spiro atoms. The predicted molar refractivity (Wildman–Crippen MR) is 123 cm³/mol. The molecule has 0 radical (unpaired) electrons. The molecule has 7 nitrogen and oxygen atoms in total. The van der Waals surface area contributed by atoms with Crippen LogP contribution in [-0.4, -0.2) is 24.7 Å². The number of hydrogen-bond acceptors (Lipinski definition) is 6. The van der Waals surface area contributed by atoms with E-state index in [1.54, 1.807) is 18.6 Å². The van der Waals surface area contributed by atoms with Crippen LogP contribution in [-0.2, 0) is 6.54 Å². The lowest BCUT2D eigenvalue weighted by Crippen LogP contribution is -2.04. The van der Waals surface area contributed by atoms with Crippen molar-refractivity contribution >= 4 is 45.6 Å². The maximum Gasteiger partial charge on any atom is 0.229 e. The van der Waals surface area contributed by atoms with E-state index in [0.29, 0.717) is 17.5 Å². The van der Waals surface area contributed by atoms with Crippen LogP contribution in [0.2, 0.25) is 5.02 Å². The Kier molecular flexibility index (Phi) is 5.16. The van der Waals surface area contributed by atoms with Crippen LogP contribution in [0.5, 0.6) is 0 Å². The second kappa shape index (κ2) is 8.41. The fourth-order valence-electron chi connectivity index (χ4n) is 3.21. The number of nitrogens with one attached hydrogen (secondary N) is 2. The van der Waals surface area contributed by atoms with Gasteiger partial charge in [-0.25, -0.2) is 9.67 Å². The van der Waals surface area contributed by atoms with Crippen molar-refractivity contribution < 1.29 is 0 Å². The van der Waals surface area contributed by atoms with Crippen molar-refractivity contribution in [2.45, 2.75) is 6.54 Å². The standard InChI is InChI=1S/C23H18ClN7/c24-18-4-1-5-21(11-18)28-19-6-8-20(9-7-19)29-23-26-13-17-14-27-31(22(17)30-23)15-16-3-2-10-25-12-16/h1-14,28H,15H2,(H,26,29,30). The third-order valence-corrected chi connectivity index (χ3v) is 4.92. The number of nitrogens with zero attached hydrogens (tertiary/aromatic N) is 5. The van der Waals surface area contributed by atoms with Crippen LogP contribution in [0, 0.1) is 0 Å². The van der Waals surface area contributed by atoms with Gasteiger partial charge in [0.2, 0.25) is 5.95 Å². The summed E-state index contributed by atoms with van der Waals surface area (Å²) in [6.45, 7) is 0.595. The molecule has 3 heterocycles. The highest BCUT2D eigenvalue weighted by atomic mass is 35.5. The topological polar surface area (TPSA) is 80.5 Å². The van der Waals surface area contributed by atoms with Gasteiger partial charge in [0.1, 0.15) is 0 Å². The maximum atomic E-state index is 6.04. The third kappa shape index (κ3) is 4.46. The number of hydrogen-bond donors (Lipinski definition) is 2. The highest BCUT2D eigenvalue weighted by molar-refractivity contribution is 6.30. The Balaban J connectivity index is 1.32. The summed E-state index contributed by atoms with van der Waals surface area (Å²) in [6.07, 6.45) is 7.12. The van der Waals surface area contributed by atoms with Gasteiger partial charge in [-0.2, -0.15) is 10.1 Å². The Bertz CT molecular complexity index is 1320. The van der Waals surface area contributed by atoms with Crippen molar-refractivity contribution in [2.75, 3.05) is 10.6 Å². The van der Waals surface area contributed by atoms with E-state index in [-0.39, 0.29) is 0 Å². The molecule has 152 valence electrons. The van der Waals surface area contributed by atoms with Crippen LogP contribution in [0.15, 0.2) is 85.5 Å². The van der Waals surface area contributed by atoms with Gasteiger partial charge >= 0.3 is 0 Å². The van der Waals surface area contributed by atoms with Crippen molar-refractivity contribution in [3.05, 3.63) is 96.0 Å². The van der Waals surface area contributed by atoms with E-state index in [1.165, 1.54) is 0 Å². The first-order valence-electron chi connectivity index (χ1n) is 9.70. The summed E-state index contributed by atoms with van der Waals surface area (Å²) in [6, 6.07) is 19.4. The molecule has 0 saturated heterocycles. The van der Waals surface area contributed by atoms with Crippen LogP contribution in [0.3, 0.4) is 0 Å². The van der Waals surface area contributed by atoms with Gasteiger partial charge in [0.25, 0.3) is 0 Å². The van der Waals surface area contributed by atoms with Crippen molar-refractivity contribution in [2.24, 2.45) is 0 Å². The molecule has 5 rings (SSSR count). The van der Waals surface area contributed by atoms with E-state index in [4.69, 9.17) is 11.6 Å². The summed E-state index contributed by atoms with van der Waals surface area (Å²) in [5.74, 6) is 0.510. The number of benzene rings is 2. The maximum absolute atomic E-state index is 6.04. The zero-order valence-corrected chi connectivity index (χ0v) is 17.2. The molecule has 2 aromatic carbocycles. The minimum atomic E-state index is 0.510. The van der Waals surface area contributed by atoms with Gasteiger partial charge in [-0.3, -0.25) is 4.98 Å². The number of pyridine rings is 1. The summed E-state index contributed by atoms with van der Waals surface area (Å²) in [5.41, 5.74) is 4.60. The van der Waals surface area contributed by atoms with E-state index in [9.17, 15) is 0 Å². The SMILES string of the molecule is Clc1cccc(Nc2ccc(Nc3ncc4cnn(Cc5cccnc5)c4n3)cc2)c1. The summed E-state index contributed by atoms with van der Waals surface area (Å²) >= 11 is 6.04. The minimum Gasteiger partial charge on any atom is -0.355 e. The van der Waals surface area contributed by atoms with Crippen LogP contribution in [0.4, 0.5) is 23.0 Å². The van der Waals surface area contributed by atoms with Crippen molar-refractivity contribution in [3.63, 3.8) is 0 Å². The second-order valence-corrected chi connectivity index (χ2v) is 7.41. The molecule has 0 fully saturated rings. The van der Waals surface area contributed by atoms with E-state index >= 15 is 0 Å². The summed E-state index contributed by atoms with van der Waals surface area (Å²) in [4.78, 5) is 13.2. The average Bonchev–Trinajstić information content (AvgIpc) is 3.18. The smallest absolute Gasteiger partial charge is 0.229 e. The average molecular weight is 428 g/mol. The van der Waals surface area contributed by atoms with Gasteiger partial charge in [-0.05, 0) is 54.1 Å². The molecule has 0 aliphatic carbocycles. The molecule has 0 aliphatic rings. The number of aromatic nitrogens is 5. The molecule has 2 N–H and O–H groups in total. The van der Waals surface area contributed by atoms with E-state index in [1.807, 2.05) is 71.5 Å². The third-order valence-electron chi connectivity index (χ3n) is 4.69. The Morgan fingerprint density at radius 3 is 2.45 bits per heavy atom. The van der Waals surface area contributed by atoms with Crippen LogP contribution < -0.4 is 10.6 Å². The Morgan fingerprint density at radius 1 is 0.839 bits per heavy atom. The van der Waals surface area contributed by atoms with Gasteiger partial charge in [-0.1, -0.05) is 23.7 Å². The molecule has 5 aromatic rings. The zero-order valence-electron chi connectivity index (χ0n) is 16.4. The van der Waals surface area contributed by atoms with Crippen LogP contribution in [0.25, 0.3) is 11.0 Å². The molecule has 3 aromatic heterocycles. The first-order valence-corrected chi connectivity index (χ1v) is 10.1. The molecule has 0 atom stereocenters. The Labute approximate surface area is 183 Å². The Morgan fingerprint density at radius 2 is 1.68 bits per heavy atom. The van der Waals surface area contributed by atoms with Gasteiger partial charge < -0.3 is 10.6 Å². The molecular weight excluding hydrogens is 410 g/mol. The minimum absolute atomic E-state index is 0.510. The lowest BCUT2D eigenvalue weighted by molar-refractivity contribution is 0.702. The van der Waals surface area contributed by atoms with Gasteiger partial charge in [0.15, 0.2) is 5.65 Å². The largest absolute Gasteiger partial charge is 0.355 e. The number of rotatable bonds is 6. The molecule has 0 aliphatic heterocycles. The number of fused-ring (bicyclic) bond motifs is 1. The lowest BCUT2D eigenvalue weighted by atomic mass is 10.2. The fraction of sp³-hybridized carbons (Fsp3) is 0.0435. The van der Waals surface area contributed by atoms with Crippen molar-refractivity contribution in [3.8, 4) is 0 Å². The van der Waals surface area contributed by atoms with Gasteiger partial charge in [0.05, 0.1) is 18.1 Å². The molecule has 0 amide bonds. The molecule has 0 bridgehead atoms. The summed E-state index contributed by atoms with van der Waals surface area (Å²) < 4.78 is 1.84. The molecular formula is C23H18ClN7. The molecule has 8 heteroatoms. The number of anilines is 4. The van der Waals surface area contributed by atoms with Crippen LogP contribution in [0.1, 0.15) is 5.56 Å². The van der Waals surface area contributed by atoms with E-state index in [0.717, 1.165) is 33.7 Å². The van der Waals surface area contributed by atoms with Gasteiger partial charge in [-0.15, -0.1) is 0 Å². The monoisotopic (exact) mass is 427 g/mol. The highest BCUT2D eigenvalue weighted by Crippen LogP contribution is 2.23. The Hall–Kier alpha value is -3.97. The summed E-state index contributed by atoms with van der Waals surface area (Å²) in [5, 5.41) is 12.6. The lowest BCUT2D eigenvalue weighted by Gasteiger charge is -2.09. The quantitative estimate of drug-likeness (QED) is 0.377. The highest BCUT2D eigenvalue weighted by Gasteiger charge is 2.08. The number of halogens is 1. The van der Waals surface area contributed by atoms with Gasteiger partial charge in [0, 0.05) is 40.7 Å².